The lowest BCUT2D eigenvalue weighted by Crippen LogP contribution is -2.13. The molecular weight excluding hydrogens is 369 g/mol. The quantitative estimate of drug-likeness (QED) is 0.876. The van der Waals surface area contributed by atoms with Gasteiger partial charge in [-0.05, 0) is 50.1 Å². The van der Waals surface area contributed by atoms with Crippen LogP contribution in [0.2, 0.25) is 0 Å². The van der Waals surface area contributed by atoms with E-state index in [9.17, 15) is 9.18 Å². The van der Waals surface area contributed by atoms with Crippen LogP contribution in [-0.4, -0.2) is 15.9 Å². The number of carbonyl (C=O) groups excluding carboxylic acids is 1. The highest BCUT2D eigenvalue weighted by atomic mass is 79.9. The molecule has 0 unspecified atom stereocenters. The maximum atomic E-state index is 13.3. The molecule has 0 spiro atoms. The Balaban J connectivity index is 2.16. The average molecular weight is 375 g/mol. The van der Waals surface area contributed by atoms with Crippen molar-refractivity contribution in [2.75, 3.05) is 5.32 Å². The topological polar surface area (TPSA) is 54.9 Å². The first kappa shape index (κ1) is 13.1. The molecule has 0 radical (unpaired) electrons. The molecule has 0 saturated heterocycles. The van der Waals surface area contributed by atoms with E-state index in [1.807, 2.05) is 0 Å². The third-order valence-corrected chi connectivity index (χ3v) is 3.10. The number of benzene rings is 1. The molecule has 0 aliphatic carbocycles. The van der Waals surface area contributed by atoms with Crippen molar-refractivity contribution in [2.24, 2.45) is 0 Å². The Bertz CT molecular complexity index is 589. The van der Waals surface area contributed by atoms with Gasteiger partial charge in [0.15, 0.2) is 5.82 Å². The van der Waals surface area contributed by atoms with E-state index in [0.29, 0.717) is 14.9 Å². The van der Waals surface area contributed by atoms with Crippen LogP contribution < -0.4 is 5.32 Å². The number of nitrogens with zero attached hydrogens (tertiary/aromatic N) is 2. The predicted molar refractivity (Wildman–Crippen MR) is 71.8 cm³/mol. The van der Waals surface area contributed by atoms with Crippen LogP contribution >= 0.6 is 31.9 Å². The van der Waals surface area contributed by atoms with Crippen LogP contribution in [0.15, 0.2) is 39.7 Å². The van der Waals surface area contributed by atoms with Crippen molar-refractivity contribution >= 4 is 43.6 Å². The van der Waals surface area contributed by atoms with Gasteiger partial charge in [0.25, 0.3) is 5.91 Å². The fraction of sp³-hybridized carbons (Fsp3) is 0. The van der Waals surface area contributed by atoms with Crippen LogP contribution in [0.25, 0.3) is 0 Å². The summed E-state index contributed by atoms with van der Waals surface area (Å²) in [7, 11) is 0. The number of hydrogen-bond acceptors (Lipinski definition) is 3. The number of rotatable bonds is 2. The number of amides is 1. The number of aromatic nitrogens is 2. The highest BCUT2D eigenvalue weighted by molar-refractivity contribution is 9.10. The third kappa shape index (κ3) is 3.11. The Morgan fingerprint density at radius 1 is 1.22 bits per heavy atom. The second-order valence-electron chi connectivity index (χ2n) is 3.31. The van der Waals surface area contributed by atoms with Gasteiger partial charge in [-0.1, -0.05) is 0 Å². The first-order valence-corrected chi connectivity index (χ1v) is 6.39. The van der Waals surface area contributed by atoms with Crippen LogP contribution in [-0.2, 0) is 0 Å². The fourth-order valence-electron chi connectivity index (χ4n) is 1.20. The van der Waals surface area contributed by atoms with E-state index in [1.54, 1.807) is 0 Å². The number of nitrogens with one attached hydrogen (secondary N) is 1. The van der Waals surface area contributed by atoms with Crippen molar-refractivity contribution in [1.29, 1.82) is 0 Å². The van der Waals surface area contributed by atoms with Crippen molar-refractivity contribution in [3.05, 3.63) is 51.0 Å². The fourth-order valence-corrected chi connectivity index (χ4v) is 1.65. The first-order chi connectivity index (χ1) is 8.56. The number of carbonyl (C=O) groups is 1. The maximum absolute atomic E-state index is 13.3. The molecule has 4 nitrogen and oxygen atoms in total. The molecule has 0 aliphatic rings. The van der Waals surface area contributed by atoms with Crippen molar-refractivity contribution in [3.8, 4) is 0 Å². The molecule has 18 heavy (non-hydrogen) atoms. The SMILES string of the molecule is O=C(Nc1cnc(Br)cn1)c1ccc(Br)c(F)c1. The minimum absolute atomic E-state index is 0.209. The minimum Gasteiger partial charge on any atom is -0.305 e. The highest BCUT2D eigenvalue weighted by Gasteiger charge is 2.09. The highest BCUT2D eigenvalue weighted by Crippen LogP contribution is 2.17. The van der Waals surface area contributed by atoms with Gasteiger partial charge in [-0.2, -0.15) is 0 Å². The molecule has 92 valence electrons. The van der Waals surface area contributed by atoms with Gasteiger partial charge in [-0.3, -0.25) is 4.79 Å². The third-order valence-electron chi connectivity index (χ3n) is 2.04. The summed E-state index contributed by atoms with van der Waals surface area (Å²) in [6.45, 7) is 0. The Hall–Kier alpha value is -1.34. The number of hydrogen-bond donors (Lipinski definition) is 1. The van der Waals surface area contributed by atoms with Crippen molar-refractivity contribution < 1.29 is 9.18 Å². The predicted octanol–water partition coefficient (Wildman–Crippen LogP) is 3.39. The summed E-state index contributed by atoms with van der Waals surface area (Å²) in [6, 6.07) is 4.12. The Kier molecular flexibility index (Phi) is 4.03. The second-order valence-corrected chi connectivity index (χ2v) is 4.97. The van der Waals surface area contributed by atoms with Crippen molar-refractivity contribution in [1.82, 2.24) is 9.97 Å². The zero-order valence-electron chi connectivity index (χ0n) is 8.82. The summed E-state index contributed by atoms with van der Waals surface area (Å²) in [5.41, 5.74) is 0.209. The molecule has 1 heterocycles. The lowest BCUT2D eigenvalue weighted by molar-refractivity contribution is 0.102. The zero-order chi connectivity index (χ0) is 13.1. The largest absolute Gasteiger partial charge is 0.305 e. The molecule has 0 aliphatic heterocycles. The molecule has 1 aromatic heterocycles. The molecule has 0 saturated carbocycles. The summed E-state index contributed by atoms with van der Waals surface area (Å²) in [6.07, 6.45) is 2.86. The summed E-state index contributed by atoms with van der Waals surface area (Å²) in [4.78, 5) is 19.6. The van der Waals surface area contributed by atoms with Crippen LogP contribution in [0.5, 0.6) is 0 Å². The Labute approximate surface area is 119 Å². The Morgan fingerprint density at radius 2 is 2.00 bits per heavy atom. The lowest BCUT2D eigenvalue weighted by Gasteiger charge is -2.04. The van der Waals surface area contributed by atoms with E-state index in [-0.39, 0.29) is 5.56 Å². The minimum atomic E-state index is -0.496. The number of halogens is 3. The van der Waals surface area contributed by atoms with Gasteiger partial charge in [-0.25, -0.2) is 14.4 Å². The molecule has 0 fully saturated rings. The van der Waals surface area contributed by atoms with Gasteiger partial charge in [0.1, 0.15) is 10.4 Å². The molecule has 2 aromatic rings. The van der Waals surface area contributed by atoms with Crippen LogP contribution in [0.3, 0.4) is 0 Å². The van der Waals surface area contributed by atoms with Crippen LogP contribution in [0.1, 0.15) is 10.4 Å². The van der Waals surface area contributed by atoms with E-state index < -0.39 is 11.7 Å². The molecule has 0 atom stereocenters. The second kappa shape index (κ2) is 5.53. The summed E-state index contributed by atoms with van der Waals surface area (Å²) < 4.78 is 14.1. The van der Waals surface area contributed by atoms with Crippen LogP contribution in [0, 0.1) is 5.82 Å². The van der Waals surface area contributed by atoms with Gasteiger partial charge in [0, 0.05) is 5.56 Å². The molecule has 0 bridgehead atoms. The summed E-state index contributed by atoms with van der Waals surface area (Å²) in [5.74, 6) is -0.644. The molecule has 2 rings (SSSR count). The lowest BCUT2D eigenvalue weighted by atomic mass is 10.2. The summed E-state index contributed by atoms with van der Waals surface area (Å²) >= 11 is 6.15. The summed E-state index contributed by atoms with van der Waals surface area (Å²) in [5, 5.41) is 2.52. The normalized spacial score (nSPS) is 10.2. The van der Waals surface area contributed by atoms with E-state index >= 15 is 0 Å². The van der Waals surface area contributed by atoms with Crippen molar-refractivity contribution in [3.63, 3.8) is 0 Å². The monoisotopic (exact) mass is 373 g/mol. The van der Waals surface area contributed by atoms with Crippen molar-refractivity contribution in [2.45, 2.75) is 0 Å². The Morgan fingerprint density at radius 3 is 2.61 bits per heavy atom. The molecular formula is C11H6Br2FN3O. The number of anilines is 1. The molecule has 7 heteroatoms. The first-order valence-electron chi connectivity index (χ1n) is 4.80. The van der Waals surface area contributed by atoms with E-state index in [2.05, 4.69) is 47.1 Å². The zero-order valence-corrected chi connectivity index (χ0v) is 12.0. The molecule has 1 amide bonds. The average Bonchev–Trinajstić information content (AvgIpc) is 2.35. The smallest absolute Gasteiger partial charge is 0.256 e. The van der Waals surface area contributed by atoms with E-state index in [0.717, 1.165) is 6.07 Å². The van der Waals surface area contributed by atoms with Crippen LogP contribution in [0.4, 0.5) is 10.2 Å². The standard InChI is InChI=1S/C11H6Br2FN3O/c12-7-2-1-6(3-8(7)14)11(18)17-10-5-15-9(13)4-16-10/h1-5H,(H,16,17,18). The van der Waals surface area contributed by atoms with Gasteiger partial charge in [0.05, 0.1) is 16.9 Å². The van der Waals surface area contributed by atoms with Gasteiger partial charge < -0.3 is 5.32 Å². The maximum Gasteiger partial charge on any atom is 0.256 e. The molecule has 1 N–H and O–H groups in total. The van der Waals surface area contributed by atoms with E-state index in [4.69, 9.17) is 0 Å². The van der Waals surface area contributed by atoms with Gasteiger partial charge in [0.2, 0.25) is 0 Å². The van der Waals surface area contributed by atoms with Gasteiger partial charge in [-0.15, -0.1) is 0 Å². The van der Waals surface area contributed by atoms with E-state index in [1.165, 1.54) is 24.5 Å². The molecule has 1 aromatic carbocycles. The van der Waals surface area contributed by atoms with Gasteiger partial charge >= 0.3 is 0 Å².